The van der Waals surface area contributed by atoms with Crippen molar-refractivity contribution in [2.24, 2.45) is 0 Å². The van der Waals surface area contributed by atoms with Crippen LogP contribution >= 0.6 is 0 Å². The van der Waals surface area contributed by atoms with Crippen LogP contribution in [0.3, 0.4) is 0 Å². The lowest BCUT2D eigenvalue weighted by Crippen LogP contribution is -2.38. The highest BCUT2D eigenvalue weighted by molar-refractivity contribution is 5.79. The van der Waals surface area contributed by atoms with Gasteiger partial charge in [0.1, 0.15) is 17.5 Å². The molecule has 6 heteroatoms. The van der Waals surface area contributed by atoms with Crippen LogP contribution in [0.25, 0.3) is 16.6 Å². The molecule has 0 spiro atoms. The first-order valence-corrected chi connectivity index (χ1v) is 10.6. The van der Waals surface area contributed by atoms with Gasteiger partial charge in [-0.05, 0) is 48.7 Å². The lowest BCUT2D eigenvalue weighted by Gasteiger charge is -2.26. The number of nitrogens with one attached hydrogen (secondary N) is 3. The van der Waals surface area contributed by atoms with Crippen molar-refractivity contribution in [1.29, 1.82) is 5.26 Å². The van der Waals surface area contributed by atoms with Crippen LogP contribution < -0.4 is 16.0 Å². The van der Waals surface area contributed by atoms with Gasteiger partial charge in [-0.2, -0.15) is 10.4 Å². The van der Waals surface area contributed by atoms with Crippen LogP contribution in [-0.4, -0.2) is 28.7 Å². The van der Waals surface area contributed by atoms with Crippen LogP contribution in [0.5, 0.6) is 0 Å². The molecule has 1 aliphatic rings. The van der Waals surface area contributed by atoms with E-state index in [0.717, 1.165) is 48.6 Å². The number of rotatable bonds is 5. The molecule has 0 radical (unpaired) electrons. The Bertz CT molecular complexity index is 1210. The predicted molar refractivity (Wildman–Crippen MR) is 125 cm³/mol. The molecule has 0 bridgehead atoms. The zero-order valence-electron chi connectivity index (χ0n) is 17.2. The number of benzene rings is 2. The molecular formula is C25H24N6. The van der Waals surface area contributed by atoms with Gasteiger partial charge in [-0.15, -0.1) is 0 Å². The lowest BCUT2D eigenvalue weighted by molar-refractivity contribution is 0.480. The highest BCUT2D eigenvalue weighted by atomic mass is 15.3. The summed E-state index contributed by atoms with van der Waals surface area (Å²) in [5, 5.41) is 24.7. The number of hydrogen-bond acceptors (Lipinski definition) is 5. The Kier molecular flexibility index (Phi) is 5.26. The fourth-order valence-electron chi connectivity index (χ4n) is 4.13. The molecule has 5 rings (SSSR count). The Hall–Kier alpha value is -3.82. The van der Waals surface area contributed by atoms with E-state index in [9.17, 15) is 5.26 Å². The minimum absolute atomic E-state index is 0.309. The van der Waals surface area contributed by atoms with Gasteiger partial charge in [-0.25, -0.2) is 4.52 Å². The monoisotopic (exact) mass is 408 g/mol. The predicted octanol–water partition coefficient (Wildman–Crippen LogP) is 4.78. The van der Waals surface area contributed by atoms with Crippen LogP contribution in [0.1, 0.15) is 18.4 Å². The van der Waals surface area contributed by atoms with Crippen LogP contribution in [0, 0.1) is 11.3 Å². The van der Waals surface area contributed by atoms with Gasteiger partial charge < -0.3 is 16.0 Å². The molecule has 3 N–H and O–H groups in total. The Morgan fingerprint density at radius 2 is 1.84 bits per heavy atom. The maximum absolute atomic E-state index is 9.82. The molecule has 0 amide bonds. The van der Waals surface area contributed by atoms with E-state index in [2.05, 4.69) is 63.5 Å². The number of pyridine rings is 1. The van der Waals surface area contributed by atoms with Gasteiger partial charge in [0.15, 0.2) is 0 Å². The summed E-state index contributed by atoms with van der Waals surface area (Å²) in [7, 11) is 0. The zero-order valence-corrected chi connectivity index (χ0v) is 17.2. The second-order valence-corrected chi connectivity index (χ2v) is 7.81. The number of hydrogen-bond donors (Lipinski definition) is 3. The maximum Gasteiger partial charge on any atom is 0.134 e. The summed E-state index contributed by atoms with van der Waals surface area (Å²) >= 11 is 0. The summed E-state index contributed by atoms with van der Waals surface area (Å²) < 4.78 is 1.79. The van der Waals surface area contributed by atoms with Crippen molar-refractivity contribution < 1.29 is 0 Å². The minimum Gasteiger partial charge on any atom is -0.380 e. The topological polar surface area (TPSA) is 77.2 Å². The molecule has 1 atom stereocenters. The first-order valence-electron chi connectivity index (χ1n) is 10.6. The third-order valence-corrected chi connectivity index (χ3v) is 5.71. The van der Waals surface area contributed by atoms with E-state index in [-0.39, 0.29) is 0 Å². The lowest BCUT2D eigenvalue weighted by atomic mass is 10.1. The molecule has 2 aromatic heterocycles. The SMILES string of the molecule is N#Cc1c(N[C@@H]2CCCNC2)cc(Nc2ccc(-c3ccccc3)cc2)n2nccc12. The average Bonchev–Trinajstić information content (AvgIpc) is 3.31. The summed E-state index contributed by atoms with van der Waals surface area (Å²) in [5.74, 6) is 0.817. The quantitative estimate of drug-likeness (QED) is 0.443. The van der Waals surface area contributed by atoms with Crippen molar-refractivity contribution >= 4 is 22.7 Å². The van der Waals surface area contributed by atoms with Crippen molar-refractivity contribution in [3.8, 4) is 17.2 Å². The van der Waals surface area contributed by atoms with Crippen molar-refractivity contribution in [3.05, 3.63) is 78.5 Å². The number of anilines is 3. The molecule has 0 aliphatic carbocycles. The summed E-state index contributed by atoms with van der Waals surface area (Å²) in [4.78, 5) is 0. The molecule has 1 saturated heterocycles. The highest BCUT2D eigenvalue weighted by Crippen LogP contribution is 2.29. The van der Waals surface area contributed by atoms with Crippen molar-refractivity contribution in [1.82, 2.24) is 14.9 Å². The van der Waals surface area contributed by atoms with E-state index in [4.69, 9.17) is 0 Å². The Balaban J connectivity index is 1.46. The molecule has 1 fully saturated rings. The molecular weight excluding hydrogens is 384 g/mol. The number of aromatic nitrogens is 2. The Labute approximate surface area is 181 Å². The molecule has 31 heavy (non-hydrogen) atoms. The summed E-state index contributed by atoms with van der Waals surface area (Å²) in [6, 6.07) is 25.2. The molecule has 154 valence electrons. The van der Waals surface area contributed by atoms with Gasteiger partial charge in [0.25, 0.3) is 0 Å². The van der Waals surface area contributed by atoms with Crippen LogP contribution in [0.4, 0.5) is 17.2 Å². The van der Waals surface area contributed by atoms with Gasteiger partial charge >= 0.3 is 0 Å². The second-order valence-electron chi connectivity index (χ2n) is 7.81. The van der Waals surface area contributed by atoms with E-state index in [1.807, 2.05) is 30.3 Å². The maximum atomic E-state index is 9.82. The number of nitrogens with zero attached hydrogens (tertiary/aromatic N) is 3. The zero-order chi connectivity index (χ0) is 21.0. The largest absolute Gasteiger partial charge is 0.380 e. The third-order valence-electron chi connectivity index (χ3n) is 5.71. The van der Waals surface area contributed by atoms with E-state index >= 15 is 0 Å². The van der Waals surface area contributed by atoms with Gasteiger partial charge in [-0.3, -0.25) is 0 Å². The second kappa shape index (κ2) is 8.50. The molecule has 3 heterocycles. The average molecular weight is 409 g/mol. The van der Waals surface area contributed by atoms with E-state index in [0.29, 0.717) is 11.6 Å². The summed E-state index contributed by atoms with van der Waals surface area (Å²) in [5.41, 5.74) is 5.57. The van der Waals surface area contributed by atoms with Crippen LogP contribution in [-0.2, 0) is 0 Å². The Morgan fingerprint density at radius 1 is 1.03 bits per heavy atom. The molecule has 0 unspecified atom stereocenters. The van der Waals surface area contributed by atoms with Crippen molar-refractivity contribution in [3.63, 3.8) is 0 Å². The fourth-order valence-corrected chi connectivity index (χ4v) is 4.13. The van der Waals surface area contributed by atoms with E-state index in [1.54, 1.807) is 10.7 Å². The van der Waals surface area contributed by atoms with E-state index < -0.39 is 0 Å². The van der Waals surface area contributed by atoms with Crippen LogP contribution in [0.15, 0.2) is 72.9 Å². The third kappa shape index (κ3) is 3.96. The van der Waals surface area contributed by atoms with Crippen molar-refractivity contribution in [2.75, 3.05) is 23.7 Å². The summed E-state index contributed by atoms with van der Waals surface area (Å²) in [6.07, 6.45) is 3.95. The number of fused-ring (bicyclic) bond motifs is 1. The first-order chi connectivity index (χ1) is 15.3. The van der Waals surface area contributed by atoms with Gasteiger partial charge in [0, 0.05) is 24.3 Å². The molecule has 1 aliphatic heterocycles. The minimum atomic E-state index is 0.309. The van der Waals surface area contributed by atoms with Crippen LogP contribution in [0.2, 0.25) is 0 Å². The van der Waals surface area contributed by atoms with Crippen molar-refractivity contribution in [2.45, 2.75) is 18.9 Å². The fraction of sp³-hybridized carbons (Fsp3) is 0.200. The standard InChI is InChI=1S/C25H24N6/c26-16-22-23(29-21-7-4-13-27-17-21)15-25(31-24(22)12-14-28-31)30-20-10-8-19(9-11-20)18-5-2-1-3-6-18/h1-3,5-6,8-12,14-15,21,27,29-30H,4,7,13,17H2/t21-/m1/s1. The molecule has 6 nitrogen and oxygen atoms in total. The van der Waals surface area contributed by atoms with Gasteiger partial charge in [-0.1, -0.05) is 42.5 Å². The molecule has 2 aromatic carbocycles. The van der Waals surface area contributed by atoms with E-state index in [1.165, 1.54) is 11.1 Å². The normalized spacial score (nSPS) is 16.0. The number of piperidine rings is 1. The highest BCUT2D eigenvalue weighted by Gasteiger charge is 2.18. The first kappa shape index (κ1) is 19.2. The van der Waals surface area contributed by atoms with Gasteiger partial charge in [0.05, 0.1) is 17.4 Å². The molecule has 0 saturated carbocycles. The van der Waals surface area contributed by atoms with Gasteiger partial charge in [0.2, 0.25) is 0 Å². The Morgan fingerprint density at radius 3 is 2.58 bits per heavy atom. The smallest absolute Gasteiger partial charge is 0.134 e. The molecule has 4 aromatic rings. The summed E-state index contributed by atoms with van der Waals surface area (Å²) in [6.45, 7) is 1.95. The number of nitriles is 1.